The summed E-state index contributed by atoms with van der Waals surface area (Å²) in [6, 6.07) is 31.0. The van der Waals surface area contributed by atoms with Crippen LogP contribution in [-0.2, 0) is 0 Å². The molecule has 1 aliphatic rings. The lowest BCUT2D eigenvalue weighted by Crippen LogP contribution is -2.44. The molecule has 6 aromatic rings. The molecule has 4 aromatic carbocycles. The van der Waals surface area contributed by atoms with Crippen molar-refractivity contribution in [2.75, 3.05) is 14.2 Å². The number of rotatable bonds is 8. The number of pyridine rings is 2. The first-order valence-electron chi connectivity index (χ1n) is 17.0. The number of hydrogen-bond donors (Lipinski definition) is 2. The van der Waals surface area contributed by atoms with Crippen molar-refractivity contribution in [3.05, 3.63) is 119 Å². The number of nitrogens with zero attached hydrogens (tertiary/aromatic N) is 2. The second-order valence-corrected chi connectivity index (χ2v) is 12.9. The molecule has 0 bridgehead atoms. The van der Waals surface area contributed by atoms with E-state index in [0.717, 1.165) is 92.6 Å². The summed E-state index contributed by atoms with van der Waals surface area (Å²) < 4.78 is 10.7. The molecule has 0 atom stereocenters. The Labute approximate surface area is 291 Å². The minimum Gasteiger partial charge on any atom is -0.497 e. The van der Waals surface area contributed by atoms with Crippen LogP contribution in [0.15, 0.2) is 97.1 Å². The Balaban J connectivity index is 1.07. The quantitative estimate of drug-likeness (QED) is 0.170. The van der Waals surface area contributed by atoms with Gasteiger partial charge in [-0.3, -0.25) is 9.59 Å². The molecular formula is C42H40N4O4. The van der Waals surface area contributed by atoms with Gasteiger partial charge in [0.2, 0.25) is 0 Å². The fourth-order valence-corrected chi connectivity index (χ4v) is 7.16. The largest absolute Gasteiger partial charge is 0.497 e. The minimum absolute atomic E-state index is 0.00316. The third kappa shape index (κ3) is 6.36. The Morgan fingerprint density at radius 1 is 0.560 bits per heavy atom. The fraction of sp³-hybridized carbons (Fsp3) is 0.238. The fourth-order valence-electron chi connectivity index (χ4n) is 7.16. The van der Waals surface area contributed by atoms with Crippen LogP contribution < -0.4 is 20.1 Å². The highest BCUT2D eigenvalue weighted by atomic mass is 16.5. The lowest BCUT2D eigenvalue weighted by molar-refractivity contribution is 0.0893. The van der Waals surface area contributed by atoms with E-state index in [-0.39, 0.29) is 23.9 Å². The van der Waals surface area contributed by atoms with E-state index in [9.17, 15) is 9.59 Å². The number of para-hydroxylation sites is 2. The average Bonchev–Trinajstić information content (AvgIpc) is 3.15. The average molecular weight is 665 g/mol. The van der Waals surface area contributed by atoms with Crippen LogP contribution in [0.1, 0.15) is 57.5 Å². The van der Waals surface area contributed by atoms with Gasteiger partial charge < -0.3 is 20.1 Å². The first kappa shape index (κ1) is 32.8. The van der Waals surface area contributed by atoms with E-state index in [1.165, 1.54) is 0 Å². The number of carbonyl (C=O) groups is 2. The Hall–Kier alpha value is -5.76. The highest BCUT2D eigenvalue weighted by Gasteiger charge is 2.28. The van der Waals surface area contributed by atoms with Gasteiger partial charge in [0.25, 0.3) is 11.8 Å². The monoisotopic (exact) mass is 664 g/mol. The molecule has 0 radical (unpaired) electrons. The van der Waals surface area contributed by atoms with E-state index in [4.69, 9.17) is 19.4 Å². The number of benzene rings is 4. The highest BCUT2D eigenvalue weighted by Crippen LogP contribution is 2.33. The Bertz CT molecular complexity index is 2050. The van der Waals surface area contributed by atoms with Gasteiger partial charge >= 0.3 is 0 Å². The van der Waals surface area contributed by atoms with Crippen molar-refractivity contribution < 1.29 is 19.1 Å². The number of methoxy groups -OCH3 is 2. The van der Waals surface area contributed by atoms with Crippen molar-refractivity contribution in [1.82, 2.24) is 20.6 Å². The molecule has 2 heterocycles. The molecule has 7 rings (SSSR count). The van der Waals surface area contributed by atoms with Crippen molar-refractivity contribution in [3.63, 3.8) is 0 Å². The molecule has 8 nitrogen and oxygen atoms in total. The zero-order chi connectivity index (χ0) is 34.8. The summed E-state index contributed by atoms with van der Waals surface area (Å²) >= 11 is 0. The van der Waals surface area contributed by atoms with Crippen LogP contribution in [0.3, 0.4) is 0 Å². The molecule has 1 fully saturated rings. The highest BCUT2D eigenvalue weighted by molar-refractivity contribution is 6.10. The molecule has 252 valence electrons. The molecule has 0 unspecified atom stereocenters. The summed E-state index contributed by atoms with van der Waals surface area (Å²) in [5.41, 5.74) is 7.90. The van der Waals surface area contributed by atoms with Crippen molar-refractivity contribution in [3.8, 4) is 34.0 Å². The molecule has 1 saturated carbocycles. The summed E-state index contributed by atoms with van der Waals surface area (Å²) in [7, 11) is 3.28. The van der Waals surface area contributed by atoms with Gasteiger partial charge in [0, 0.05) is 34.0 Å². The van der Waals surface area contributed by atoms with E-state index >= 15 is 0 Å². The number of fused-ring (bicyclic) bond motifs is 2. The number of ether oxygens (including phenoxy) is 2. The summed E-state index contributed by atoms with van der Waals surface area (Å²) in [4.78, 5) is 37.8. The maximum Gasteiger partial charge on any atom is 0.252 e. The second-order valence-electron chi connectivity index (χ2n) is 12.9. The van der Waals surface area contributed by atoms with Crippen LogP contribution in [0.25, 0.3) is 44.3 Å². The molecule has 0 saturated heterocycles. The van der Waals surface area contributed by atoms with E-state index in [0.29, 0.717) is 11.1 Å². The second kappa shape index (κ2) is 14.0. The first-order valence-corrected chi connectivity index (χ1v) is 17.0. The Morgan fingerprint density at radius 3 is 1.28 bits per heavy atom. The number of carbonyl (C=O) groups excluding carboxylic acids is 2. The van der Waals surface area contributed by atoms with Gasteiger partial charge in [-0.25, -0.2) is 9.97 Å². The zero-order valence-corrected chi connectivity index (χ0v) is 28.7. The normalized spacial score (nSPS) is 15.8. The molecule has 1 aliphatic carbocycles. The first-order chi connectivity index (χ1) is 24.3. The summed E-state index contributed by atoms with van der Waals surface area (Å²) in [6.45, 7) is 3.93. The van der Waals surface area contributed by atoms with Gasteiger partial charge in [0.05, 0.1) is 47.8 Å². The van der Waals surface area contributed by atoms with Gasteiger partial charge in [0.1, 0.15) is 11.5 Å². The smallest absolute Gasteiger partial charge is 0.252 e. The van der Waals surface area contributed by atoms with Crippen molar-refractivity contribution in [2.24, 2.45) is 0 Å². The van der Waals surface area contributed by atoms with Crippen LogP contribution in [0.5, 0.6) is 11.5 Å². The Kier molecular flexibility index (Phi) is 9.17. The number of aromatic nitrogens is 2. The molecule has 50 heavy (non-hydrogen) atoms. The maximum atomic E-state index is 14.0. The Morgan fingerprint density at radius 2 is 0.920 bits per heavy atom. The predicted octanol–water partition coefficient (Wildman–Crippen LogP) is 8.22. The molecule has 8 heteroatoms. The zero-order valence-electron chi connectivity index (χ0n) is 28.7. The lowest BCUT2D eigenvalue weighted by Gasteiger charge is -2.30. The van der Waals surface area contributed by atoms with Crippen LogP contribution in [0.2, 0.25) is 0 Å². The standard InChI is InChI=1S/C42H40N4O4/c1-25-37(33-9-5-7-11-35(33)45-39(25)27-13-21-31(49-3)22-14-27)41(47)43-29-17-19-30(20-18-29)44-42(48)38-26(2)40(28-15-23-32(50-4)24-16-28)46-36-12-8-6-10-34(36)38/h5-16,21-24,29-30H,17-20H2,1-4H3,(H,43,47)(H,44,48). The predicted molar refractivity (Wildman–Crippen MR) is 198 cm³/mol. The van der Waals surface area contributed by atoms with Crippen LogP contribution in [0.4, 0.5) is 0 Å². The van der Waals surface area contributed by atoms with E-state index in [2.05, 4.69) is 10.6 Å². The van der Waals surface area contributed by atoms with Gasteiger partial charge in [-0.1, -0.05) is 36.4 Å². The topological polar surface area (TPSA) is 102 Å². The summed E-state index contributed by atoms with van der Waals surface area (Å²) in [6.07, 6.45) is 3.04. The van der Waals surface area contributed by atoms with Crippen LogP contribution in [0, 0.1) is 13.8 Å². The maximum absolute atomic E-state index is 14.0. The number of hydrogen-bond acceptors (Lipinski definition) is 6. The van der Waals surface area contributed by atoms with Crippen molar-refractivity contribution in [1.29, 1.82) is 0 Å². The molecular weight excluding hydrogens is 624 g/mol. The van der Waals surface area contributed by atoms with Crippen LogP contribution in [-0.4, -0.2) is 48.1 Å². The molecule has 0 spiro atoms. The molecule has 2 aromatic heterocycles. The SMILES string of the molecule is COc1ccc(-c2nc3ccccc3c(C(=O)NC3CCC(NC(=O)c4c(C)c(-c5ccc(OC)cc5)nc5ccccc45)CC3)c2C)cc1. The van der Waals surface area contributed by atoms with Gasteiger partial charge in [-0.2, -0.15) is 0 Å². The van der Waals surface area contributed by atoms with Gasteiger partial charge in [-0.05, 0) is 111 Å². The van der Waals surface area contributed by atoms with Gasteiger partial charge in [0.15, 0.2) is 0 Å². The molecule has 0 aliphatic heterocycles. The van der Waals surface area contributed by atoms with E-state index in [1.54, 1.807) is 14.2 Å². The third-order valence-electron chi connectivity index (χ3n) is 9.85. The number of nitrogens with one attached hydrogen (secondary N) is 2. The summed E-state index contributed by atoms with van der Waals surface area (Å²) in [5.74, 6) is 1.32. The van der Waals surface area contributed by atoms with Crippen molar-refractivity contribution in [2.45, 2.75) is 51.6 Å². The van der Waals surface area contributed by atoms with Gasteiger partial charge in [-0.15, -0.1) is 0 Å². The van der Waals surface area contributed by atoms with Crippen molar-refractivity contribution >= 4 is 33.6 Å². The number of amides is 2. The van der Waals surface area contributed by atoms with E-state index < -0.39 is 0 Å². The van der Waals surface area contributed by atoms with Crippen LogP contribution >= 0.6 is 0 Å². The van der Waals surface area contributed by atoms with E-state index in [1.807, 2.05) is 111 Å². The lowest BCUT2D eigenvalue weighted by atomic mass is 9.89. The third-order valence-corrected chi connectivity index (χ3v) is 9.85. The molecule has 2 N–H and O–H groups in total. The molecule has 2 amide bonds. The minimum atomic E-state index is -0.103. The summed E-state index contributed by atoms with van der Waals surface area (Å²) in [5, 5.41) is 8.30.